The maximum Gasteiger partial charge on any atom is 0.243 e. The van der Waals surface area contributed by atoms with Crippen molar-refractivity contribution in [3.05, 3.63) is 96.6 Å². The number of hydrogen-bond donors (Lipinski definition) is 4. The lowest BCUT2D eigenvalue weighted by molar-refractivity contribution is -0.128. The van der Waals surface area contributed by atoms with Crippen molar-refractivity contribution >= 4 is 43.6 Å². The highest BCUT2D eigenvalue weighted by molar-refractivity contribution is 7.99. The molecule has 0 radical (unpaired) electrons. The zero-order valence-electron chi connectivity index (χ0n) is 39.6. The molecule has 0 spiro atoms. The lowest BCUT2D eigenvalue weighted by atomic mass is 9.91. The number of thioether (sulfide) groups is 1. The first-order chi connectivity index (χ1) is 29.8. The number of aliphatic hydroxyl groups is 2. The summed E-state index contributed by atoms with van der Waals surface area (Å²) in [7, 11) is -7.44. The monoisotopic (exact) mass is 945 g/mol. The second-order valence-electron chi connectivity index (χ2n) is 19.6. The van der Waals surface area contributed by atoms with Crippen LogP contribution in [0.25, 0.3) is 0 Å². The number of amides is 2. The van der Waals surface area contributed by atoms with Crippen molar-refractivity contribution in [3.8, 4) is 0 Å². The smallest absolute Gasteiger partial charge is 0.243 e. The molecule has 1 aliphatic rings. The number of carbonyl (C=O) groups excluding carboxylic acids is 2. The fourth-order valence-corrected chi connectivity index (χ4v) is 11.7. The van der Waals surface area contributed by atoms with E-state index in [1.54, 1.807) is 72.4 Å². The molecule has 16 heteroatoms. The molecule has 13 nitrogen and oxygen atoms in total. The zero-order chi connectivity index (χ0) is 47.9. The van der Waals surface area contributed by atoms with Gasteiger partial charge in [-0.1, -0.05) is 94.4 Å². The average Bonchev–Trinajstić information content (AvgIpc) is 3.68. The van der Waals surface area contributed by atoms with Crippen LogP contribution in [0.15, 0.2) is 101 Å². The Hall–Kier alpha value is -3.35. The molecule has 1 unspecified atom stereocenters. The van der Waals surface area contributed by atoms with Crippen LogP contribution in [-0.4, -0.2) is 126 Å². The Balaban J connectivity index is 0.000000341. The molecular weight excluding hydrogens is 871 g/mol. The highest BCUT2D eigenvalue weighted by Gasteiger charge is 2.34. The fraction of sp³-hybridized carbons (Fsp3) is 0.583. The van der Waals surface area contributed by atoms with Crippen molar-refractivity contribution in [2.75, 3.05) is 44.4 Å². The molecule has 1 aliphatic heterocycles. The molecule has 1 heterocycles. The van der Waals surface area contributed by atoms with E-state index in [9.17, 15) is 36.6 Å². The van der Waals surface area contributed by atoms with Gasteiger partial charge in [-0.2, -0.15) is 8.61 Å². The maximum atomic E-state index is 13.2. The molecule has 64 heavy (non-hydrogen) atoms. The number of aliphatic hydroxyl groups excluding tert-OH is 2. The third kappa shape index (κ3) is 18.9. The van der Waals surface area contributed by atoms with Gasteiger partial charge in [-0.05, 0) is 102 Å². The molecule has 4 rings (SSSR count). The fourth-order valence-electron chi connectivity index (χ4n) is 7.16. The van der Waals surface area contributed by atoms with Crippen LogP contribution in [-0.2, 0) is 36.1 Å². The minimum atomic E-state index is -3.76. The molecule has 358 valence electrons. The van der Waals surface area contributed by atoms with Crippen LogP contribution in [0.4, 0.5) is 0 Å². The van der Waals surface area contributed by atoms with Crippen LogP contribution in [0.3, 0.4) is 0 Å². The molecule has 1 saturated heterocycles. The Kier molecular flexibility index (Phi) is 21.5. The van der Waals surface area contributed by atoms with Gasteiger partial charge in [0.1, 0.15) is 0 Å². The number of nitrogens with zero attached hydrogens (tertiary/aromatic N) is 3. The predicted molar refractivity (Wildman–Crippen MR) is 259 cm³/mol. The summed E-state index contributed by atoms with van der Waals surface area (Å²) >= 11 is 1.70. The summed E-state index contributed by atoms with van der Waals surface area (Å²) in [4.78, 5) is 28.1. The third-order valence-corrected chi connectivity index (χ3v) is 14.8. The van der Waals surface area contributed by atoms with E-state index in [2.05, 4.69) is 15.5 Å². The second kappa shape index (κ2) is 25.0. The minimum Gasteiger partial charge on any atom is -0.392 e. The normalized spacial score (nSPS) is 16.7. The zero-order valence-corrected chi connectivity index (χ0v) is 42.1. The van der Waals surface area contributed by atoms with E-state index >= 15 is 0 Å². The SMILES string of the molecule is CC(C)CN(CC(O)CCN1CSC[C@H]1C(=O)NC(C)(C)C)S(=O)(=O)c1ccccc1.CC(C)CN(C[C@@H](O)C[C@@H](Cc1ccccc1)C(=O)NC(C)(C)C)S(=O)(=O)c1ccccc1. The van der Waals surface area contributed by atoms with Crippen LogP contribution in [0.1, 0.15) is 87.6 Å². The molecular formula is C48H75N5O8S3. The highest BCUT2D eigenvalue weighted by atomic mass is 32.2. The van der Waals surface area contributed by atoms with Gasteiger partial charge in [0.15, 0.2) is 0 Å². The van der Waals surface area contributed by atoms with Crippen molar-refractivity contribution in [1.82, 2.24) is 24.1 Å². The minimum absolute atomic E-state index is 0.0000736. The standard InChI is InChI=1S/C26H38N2O4S.C22H37N3O4S2/c1-20(2)18-28(33(31,32)24-14-10-7-11-15-24)19-23(29)17-22(25(30)27-26(3,4)5)16-21-12-8-6-9-13-21;1-17(2)13-25(31(28,29)19-9-7-6-8-10-19)14-18(26)11-12-24-16-30-15-20(24)21(27)23-22(3,4)5/h6-15,20,22-23,29H,16-19H2,1-5H3,(H,27,30);6-10,17-18,20,26H,11-16H2,1-5H3,(H,23,27)/t22-,23+;18?,20-/m10/s1. The summed E-state index contributed by atoms with van der Waals surface area (Å²) in [5.74, 6) is 1.03. The van der Waals surface area contributed by atoms with Crippen molar-refractivity contribution in [2.45, 2.75) is 128 Å². The highest BCUT2D eigenvalue weighted by Crippen LogP contribution is 2.24. The molecule has 1 fully saturated rings. The van der Waals surface area contributed by atoms with Gasteiger partial charge in [-0.15, -0.1) is 11.8 Å². The lowest BCUT2D eigenvalue weighted by Crippen LogP contribution is -2.51. The van der Waals surface area contributed by atoms with Crippen molar-refractivity contribution in [1.29, 1.82) is 0 Å². The Morgan fingerprint density at radius 3 is 1.56 bits per heavy atom. The first-order valence-electron chi connectivity index (χ1n) is 22.2. The van der Waals surface area contributed by atoms with Crippen LogP contribution in [0, 0.1) is 17.8 Å². The van der Waals surface area contributed by atoms with Crippen LogP contribution >= 0.6 is 11.8 Å². The van der Waals surface area contributed by atoms with Gasteiger partial charge in [0.2, 0.25) is 31.9 Å². The first-order valence-corrected chi connectivity index (χ1v) is 26.3. The lowest BCUT2D eigenvalue weighted by Gasteiger charge is -2.29. The molecule has 0 aliphatic carbocycles. The third-order valence-electron chi connectivity index (χ3n) is 10.0. The summed E-state index contributed by atoms with van der Waals surface area (Å²) < 4.78 is 55.4. The molecule has 4 N–H and O–H groups in total. The van der Waals surface area contributed by atoms with E-state index in [0.29, 0.717) is 25.9 Å². The number of hydrogen-bond acceptors (Lipinski definition) is 10. The van der Waals surface area contributed by atoms with E-state index < -0.39 is 43.7 Å². The molecule has 3 aromatic rings. The van der Waals surface area contributed by atoms with Crippen LogP contribution in [0.2, 0.25) is 0 Å². The van der Waals surface area contributed by atoms with Crippen molar-refractivity contribution in [2.24, 2.45) is 17.8 Å². The Morgan fingerprint density at radius 1 is 0.688 bits per heavy atom. The topological polar surface area (TPSA) is 177 Å². The summed E-state index contributed by atoms with van der Waals surface area (Å²) in [6, 6.07) is 26.0. The van der Waals surface area contributed by atoms with Crippen molar-refractivity contribution in [3.63, 3.8) is 0 Å². The Labute approximate surface area is 388 Å². The summed E-state index contributed by atoms with van der Waals surface area (Å²) in [5, 5.41) is 27.7. The number of nitrogens with one attached hydrogen (secondary N) is 2. The Bertz CT molecular complexity index is 2080. The van der Waals surface area contributed by atoms with E-state index in [1.807, 2.05) is 99.6 Å². The second-order valence-corrected chi connectivity index (χ2v) is 24.5. The Morgan fingerprint density at radius 2 is 1.12 bits per heavy atom. The van der Waals surface area contributed by atoms with Gasteiger partial charge in [0.25, 0.3) is 0 Å². The van der Waals surface area contributed by atoms with Gasteiger partial charge in [0.05, 0.1) is 28.0 Å². The molecule has 0 saturated carbocycles. The van der Waals surface area contributed by atoms with Gasteiger partial charge in [-0.3, -0.25) is 14.5 Å². The van der Waals surface area contributed by atoms with Crippen molar-refractivity contribution < 1.29 is 36.6 Å². The maximum absolute atomic E-state index is 13.2. The molecule has 3 aromatic carbocycles. The summed E-state index contributed by atoms with van der Waals surface area (Å²) in [6.07, 6.45) is -0.764. The number of sulfonamides is 2. The van der Waals surface area contributed by atoms with Crippen LogP contribution in [0.5, 0.6) is 0 Å². The first kappa shape index (κ1) is 55.0. The van der Waals surface area contributed by atoms with Gasteiger partial charge < -0.3 is 20.8 Å². The molecule has 0 aromatic heterocycles. The average molecular weight is 946 g/mol. The van der Waals surface area contributed by atoms with Gasteiger partial charge in [-0.25, -0.2) is 16.8 Å². The number of benzene rings is 3. The van der Waals surface area contributed by atoms with E-state index in [4.69, 9.17) is 0 Å². The summed E-state index contributed by atoms with van der Waals surface area (Å²) in [5.41, 5.74) is 0.297. The van der Waals surface area contributed by atoms with Gasteiger partial charge in [0, 0.05) is 61.3 Å². The molecule has 0 bridgehead atoms. The number of carbonyl (C=O) groups is 2. The van der Waals surface area contributed by atoms with E-state index in [0.717, 1.165) is 17.2 Å². The summed E-state index contributed by atoms with van der Waals surface area (Å²) in [6.45, 7) is 20.5. The number of rotatable bonds is 21. The van der Waals surface area contributed by atoms with Crippen LogP contribution < -0.4 is 10.6 Å². The predicted octanol–water partition coefficient (Wildman–Crippen LogP) is 6.23. The largest absolute Gasteiger partial charge is 0.392 e. The van der Waals surface area contributed by atoms with E-state index in [-0.39, 0.29) is 71.1 Å². The van der Waals surface area contributed by atoms with Gasteiger partial charge >= 0.3 is 0 Å². The van der Waals surface area contributed by atoms with E-state index in [1.165, 1.54) is 8.61 Å². The molecule has 2 amide bonds. The quantitative estimate of drug-likeness (QED) is 0.0958. The molecule has 4 atom stereocenters.